The Balaban J connectivity index is 1.58. The van der Waals surface area contributed by atoms with E-state index in [1.807, 2.05) is 4.68 Å². The zero-order valence-corrected chi connectivity index (χ0v) is 17.0. The first-order chi connectivity index (χ1) is 13.7. The van der Waals surface area contributed by atoms with Crippen molar-refractivity contribution < 1.29 is 4.74 Å². The lowest BCUT2D eigenvalue weighted by Gasteiger charge is -2.42. The van der Waals surface area contributed by atoms with E-state index < -0.39 is 0 Å². The van der Waals surface area contributed by atoms with E-state index >= 15 is 0 Å². The zero-order valence-electron chi connectivity index (χ0n) is 17.0. The standard InChI is InChI=1S/C21H32N6O/c1-3-23-20(25-15-21(8-5-9-21)10-11-28-2)24-13-18-6-4-7-19(12-18)14-27-17-22-16-26-27/h4,6-7,12,16-17H,3,5,8-11,13-15H2,1-2H3,(H2,23,24,25). The molecule has 0 saturated heterocycles. The average molecular weight is 385 g/mol. The Bertz CT molecular complexity index is 739. The maximum absolute atomic E-state index is 5.30. The van der Waals surface area contributed by atoms with Crippen molar-refractivity contribution in [3.8, 4) is 0 Å². The van der Waals surface area contributed by atoms with Gasteiger partial charge in [0.25, 0.3) is 0 Å². The van der Waals surface area contributed by atoms with Gasteiger partial charge in [0, 0.05) is 26.8 Å². The van der Waals surface area contributed by atoms with Gasteiger partial charge in [0.2, 0.25) is 0 Å². The Morgan fingerprint density at radius 3 is 2.82 bits per heavy atom. The van der Waals surface area contributed by atoms with Crippen LogP contribution < -0.4 is 10.6 Å². The van der Waals surface area contributed by atoms with Crippen LogP contribution in [0.15, 0.2) is 41.9 Å². The predicted octanol–water partition coefficient (Wildman–Crippen LogP) is 2.59. The second-order valence-corrected chi connectivity index (χ2v) is 7.56. The number of hydrogen-bond donors (Lipinski definition) is 2. The number of aliphatic imine (C=N–C) groups is 1. The number of nitrogens with one attached hydrogen (secondary N) is 2. The van der Waals surface area contributed by atoms with Gasteiger partial charge in [0.1, 0.15) is 12.7 Å². The van der Waals surface area contributed by atoms with Crippen LogP contribution in [0, 0.1) is 5.41 Å². The molecular formula is C21H32N6O. The minimum absolute atomic E-state index is 0.365. The van der Waals surface area contributed by atoms with E-state index in [0.29, 0.717) is 12.0 Å². The summed E-state index contributed by atoms with van der Waals surface area (Å²) in [6.45, 7) is 6.09. The molecular weight excluding hydrogens is 352 g/mol. The highest BCUT2D eigenvalue weighted by Gasteiger charge is 2.36. The Morgan fingerprint density at radius 1 is 1.29 bits per heavy atom. The van der Waals surface area contributed by atoms with Crippen LogP contribution in [0.25, 0.3) is 0 Å². The SMILES string of the molecule is CCNC(=NCc1cccc(Cn2cncn2)c1)NCC1(CCOC)CCC1. The summed E-state index contributed by atoms with van der Waals surface area (Å²) in [5.41, 5.74) is 2.75. The lowest BCUT2D eigenvalue weighted by atomic mass is 9.67. The van der Waals surface area contributed by atoms with Crippen LogP contribution in [0.3, 0.4) is 0 Å². The largest absolute Gasteiger partial charge is 0.385 e. The smallest absolute Gasteiger partial charge is 0.191 e. The van der Waals surface area contributed by atoms with Gasteiger partial charge >= 0.3 is 0 Å². The molecule has 0 atom stereocenters. The monoisotopic (exact) mass is 384 g/mol. The maximum Gasteiger partial charge on any atom is 0.191 e. The van der Waals surface area contributed by atoms with Crippen molar-refractivity contribution in [3.63, 3.8) is 0 Å². The molecule has 0 radical (unpaired) electrons. The van der Waals surface area contributed by atoms with Gasteiger partial charge in [-0.05, 0) is 42.7 Å². The number of benzene rings is 1. The third-order valence-electron chi connectivity index (χ3n) is 5.45. The van der Waals surface area contributed by atoms with Crippen LogP contribution in [0.1, 0.15) is 43.7 Å². The number of ether oxygens (including phenoxy) is 1. The van der Waals surface area contributed by atoms with Crippen LogP contribution in [0.5, 0.6) is 0 Å². The van der Waals surface area contributed by atoms with Crippen LogP contribution in [0.4, 0.5) is 0 Å². The van der Waals surface area contributed by atoms with Gasteiger partial charge < -0.3 is 15.4 Å². The van der Waals surface area contributed by atoms with E-state index in [-0.39, 0.29) is 0 Å². The molecule has 2 N–H and O–H groups in total. The van der Waals surface area contributed by atoms with Crippen molar-refractivity contribution in [2.75, 3.05) is 26.8 Å². The van der Waals surface area contributed by atoms with Gasteiger partial charge in [-0.15, -0.1) is 0 Å². The summed E-state index contributed by atoms with van der Waals surface area (Å²) in [7, 11) is 1.78. The first-order valence-electron chi connectivity index (χ1n) is 10.1. The molecule has 1 saturated carbocycles. The van der Waals surface area contributed by atoms with Gasteiger partial charge in [-0.1, -0.05) is 30.7 Å². The average Bonchev–Trinajstić information content (AvgIpc) is 3.18. The zero-order chi connectivity index (χ0) is 19.7. The molecule has 1 fully saturated rings. The second kappa shape index (κ2) is 10.2. The van der Waals surface area contributed by atoms with Crippen LogP contribution in [-0.2, 0) is 17.8 Å². The normalized spacial score (nSPS) is 15.9. The fraction of sp³-hybridized carbons (Fsp3) is 0.571. The highest BCUT2D eigenvalue weighted by Crippen LogP contribution is 2.43. The lowest BCUT2D eigenvalue weighted by Crippen LogP contribution is -2.46. The molecule has 0 aliphatic heterocycles. The third kappa shape index (κ3) is 5.79. The summed E-state index contributed by atoms with van der Waals surface area (Å²) in [5.74, 6) is 0.882. The molecule has 0 bridgehead atoms. The molecule has 1 aromatic carbocycles. The summed E-state index contributed by atoms with van der Waals surface area (Å²) < 4.78 is 7.12. The molecule has 3 rings (SSSR count). The minimum Gasteiger partial charge on any atom is -0.385 e. The summed E-state index contributed by atoms with van der Waals surface area (Å²) >= 11 is 0. The summed E-state index contributed by atoms with van der Waals surface area (Å²) in [6, 6.07) is 8.48. The van der Waals surface area contributed by atoms with Crippen molar-refractivity contribution in [2.24, 2.45) is 10.4 Å². The van der Waals surface area contributed by atoms with Gasteiger partial charge in [-0.3, -0.25) is 0 Å². The quantitative estimate of drug-likeness (QED) is 0.486. The molecule has 7 nitrogen and oxygen atoms in total. The number of guanidine groups is 1. The van der Waals surface area contributed by atoms with Crippen molar-refractivity contribution in [1.82, 2.24) is 25.4 Å². The van der Waals surface area contributed by atoms with E-state index in [4.69, 9.17) is 9.73 Å². The summed E-state index contributed by atoms with van der Waals surface area (Å²) in [4.78, 5) is 8.79. The first-order valence-corrected chi connectivity index (χ1v) is 10.1. The maximum atomic E-state index is 5.30. The van der Waals surface area contributed by atoms with Crippen LogP contribution >= 0.6 is 0 Å². The third-order valence-corrected chi connectivity index (χ3v) is 5.45. The van der Waals surface area contributed by atoms with Crippen molar-refractivity contribution in [3.05, 3.63) is 48.0 Å². The Labute approximate surface area is 167 Å². The van der Waals surface area contributed by atoms with Crippen molar-refractivity contribution in [2.45, 2.75) is 45.7 Å². The predicted molar refractivity (Wildman–Crippen MR) is 111 cm³/mol. The van der Waals surface area contributed by atoms with E-state index in [9.17, 15) is 0 Å². The van der Waals surface area contributed by atoms with Crippen LogP contribution in [-0.4, -0.2) is 47.5 Å². The topological polar surface area (TPSA) is 76.4 Å². The van der Waals surface area contributed by atoms with E-state index in [0.717, 1.165) is 38.6 Å². The van der Waals surface area contributed by atoms with E-state index in [1.54, 1.807) is 19.8 Å². The van der Waals surface area contributed by atoms with Crippen molar-refractivity contribution in [1.29, 1.82) is 0 Å². The van der Waals surface area contributed by atoms with E-state index in [1.165, 1.54) is 30.4 Å². The van der Waals surface area contributed by atoms with E-state index in [2.05, 4.69) is 51.9 Å². The molecule has 28 heavy (non-hydrogen) atoms. The molecule has 1 aromatic heterocycles. The first kappa shape index (κ1) is 20.3. The second-order valence-electron chi connectivity index (χ2n) is 7.56. The Kier molecular flexibility index (Phi) is 7.42. The molecule has 1 heterocycles. The van der Waals surface area contributed by atoms with Gasteiger partial charge in [-0.25, -0.2) is 14.7 Å². The van der Waals surface area contributed by atoms with Crippen LogP contribution in [0.2, 0.25) is 0 Å². The van der Waals surface area contributed by atoms with Gasteiger partial charge in [-0.2, -0.15) is 5.10 Å². The Hall–Kier alpha value is -2.41. The number of aromatic nitrogens is 3. The Morgan fingerprint density at radius 2 is 2.14 bits per heavy atom. The molecule has 1 aliphatic carbocycles. The summed E-state index contributed by atoms with van der Waals surface area (Å²) in [6.07, 6.45) is 8.26. The number of hydrogen-bond acceptors (Lipinski definition) is 4. The molecule has 7 heteroatoms. The molecule has 152 valence electrons. The number of nitrogens with zero attached hydrogens (tertiary/aromatic N) is 4. The minimum atomic E-state index is 0.365. The fourth-order valence-electron chi connectivity index (χ4n) is 3.62. The lowest BCUT2D eigenvalue weighted by molar-refractivity contribution is 0.0732. The summed E-state index contributed by atoms with van der Waals surface area (Å²) in [5, 5.41) is 11.1. The highest BCUT2D eigenvalue weighted by atomic mass is 16.5. The number of methoxy groups -OCH3 is 1. The molecule has 0 spiro atoms. The number of rotatable bonds is 10. The molecule has 0 amide bonds. The van der Waals surface area contributed by atoms with Crippen molar-refractivity contribution >= 4 is 5.96 Å². The fourth-order valence-corrected chi connectivity index (χ4v) is 3.62. The molecule has 0 unspecified atom stereocenters. The molecule has 1 aliphatic rings. The van der Waals surface area contributed by atoms with Gasteiger partial charge in [0.15, 0.2) is 5.96 Å². The van der Waals surface area contributed by atoms with Gasteiger partial charge in [0.05, 0.1) is 13.1 Å². The molecule has 2 aromatic rings. The highest BCUT2D eigenvalue weighted by molar-refractivity contribution is 5.79.